The van der Waals surface area contributed by atoms with Crippen LogP contribution in [0.15, 0.2) is 18.2 Å². The Kier molecular flexibility index (Phi) is 3.34. The van der Waals surface area contributed by atoms with E-state index in [1.54, 1.807) is 6.07 Å². The van der Waals surface area contributed by atoms with Gasteiger partial charge in [0.15, 0.2) is 11.6 Å². The molecule has 0 aliphatic heterocycles. The van der Waals surface area contributed by atoms with Crippen molar-refractivity contribution in [2.75, 3.05) is 0 Å². The molecular weight excluding hydrogens is 246 g/mol. The Labute approximate surface area is 112 Å². The summed E-state index contributed by atoms with van der Waals surface area (Å²) in [6, 6.07) is 4.21. The third kappa shape index (κ3) is 2.81. The van der Waals surface area contributed by atoms with Gasteiger partial charge in [-0.25, -0.2) is 8.78 Å². The van der Waals surface area contributed by atoms with Crippen molar-refractivity contribution in [1.29, 1.82) is 0 Å². The zero-order chi connectivity index (χ0) is 13.5. The van der Waals surface area contributed by atoms with Gasteiger partial charge in [-0.15, -0.1) is 0 Å². The van der Waals surface area contributed by atoms with Gasteiger partial charge in [-0.1, -0.05) is 18.6 Å². The van der Waals surface area contributed by atoms with Crippen LogP contribution in [-0.4, -0.2) is 10.7 Å². The molecule has 1 aromatic rings. The minimum absolute atomic E-state index is 0.236. The van der Waals surface area contributed by atoms with Crippen LogP contribution in [0.4, 0.5) is 8.78 Å². The second-order valence-corrected chi connectivity index (χ2v) is 6.31. The highest BCUT2D eigenvalue weighted by Gasteiger charge is 2.41. The zero-order valence-corrected chi connectivity index (χ0v) is 11.0. The summed E-state index contributed by atoms with van der Waals surface area (Å²) in [5, 5.41) is 10.7. The van der Waals surface area contributed by atoms with E-state index in [0.29, 0.717) is 17.9 Å². The van der Waals surface area contributed by atoms with Crippen molar-refractivity contribution in [2.24, 2.45) is 11.8 Å². The SMILES string of the molecule is OC1(Cc2cccc(F)c2F)CCCC(C2CC2)C1. The van der Waals surface area contributed by atoms with Gasteiger partial charge >= 0.3 is 0 Å². The summed E-state index contributed by atoms with van der Waals surface area (Å²) < 4.78 is 26.9. The molecule has 0 aromatic heterocycles. The molecule has 2 atom stereocenters. The molecule has 3 rings (SSSR count). The molecule has 0 amide bonds. The van der Waals surface area contributed by atoms with Crippen molar-refractivity contribution in [1.82, 2.24) is 0 Å². The quantitative estimate of drug-likeness (QED) is 0.881. The Morgan fingerprint density at radius 3 is 2.68 bits per heavy atom. The number of hydrogen-bond donors (Lipinski definition) is 1. The summed E-state index contributed by atoms with van der Waals surface area (Å²) in [6.07, 6.45) is 6.40. The smallest absolute Gasteiger partial charge is 0.162 e. The molecule has 0 radical (unpaired) electrons. The standard InChI is InChI=1S/C16H20F2O/c17-14-5-1-3-13(15(14)18)10-16(19)8-2-4-12(9-16)11-6-7-11/h1,3,5,11-12,19H,2,4,6-10H2. The van der Waals surface area contributed by atoms with Crippen molar-refractivity contribution >= 4 is 0 Å². The highest BCUT2D eigenvalue weighted by molar-refractivity contribution is 5.21. The second-order valence-electron chi connectivity index (χ2n) is 6.31. The molecular formula is C16H20F2O. The van der Waals surface area contributed by atoms with E-state index >= 15 is 0 Å². The van der Waals surface area contributed by atoms with Crippen molar-refractivity contribution in [2.45, 2.75) is 50.5 Å². The molecule has 104 valence electrons. The topological polar surface area (TPSA) is 20.2 Å². The molecule has 1 N–H and O–H groups in total. The lowest BCUT2D eigenvalue weighted by Gasteiger charge is -2.37. The Balaban J connectivity index is 1.75. The summed E-state index contributed by atoms with van der Waals surface area (Å²) in [4.78, 5) is 0. The summed E-state index contributed by atoms with van der Waals surface area (Å²) >= 11 is 0. The lowest BCUT2D eigenvalue weighted by atomic mass is 9.73. The fourth-order valence-electron chi connectivity index (χ4n) is 3.56. The second kappa shape index (κ2) is 4.86. The molecule has 0 saturated heterocycles. The molecule has 2 aliphatic rings. The molecule has 19 heavy (non-hydrogen) atoms. The number of aliphatic hydroxyl groups is 1. The molecule has 0 spiro atoms. The molecule has 1 aromatic carbocycles. The van der Waals surface area contributed by atoms with Crippen LogP contribution in [0.2, 0.25) is 0 Å². The summed E-state index contributed by atoms with van der Waals surface area (Å²) in [5.41, 5.74) is -0.543. The third-order valence-corrected chi connectivity index (χ3v) is 4.70. The maximum atomic E-state index is 13.7. The molecule has 1 nitrogen and oxygen atoms in total. The van der Waals surface area contributed by atoms with E-state index in [1.807, 2.05) is 0 Å². The van der Waals surface area contributed by atoms with Gasteiger partial charge in [0.25, 0.3) is 0 Å². The number of rotatable bonds is 3. The van der Waals surface area contributed by atoms with Crippen LogP contribution in [-0.2, 0) is 6.42 Å². The van der Waals surface area contributed by atoms with E-state index < -0.39 is 17.2 Å². The van der Waals surface area contributed by atoms with Gasteiger partial charge in [-0.3, -0.25) is 0 Å². The largest absolute Gasteiger partial charge is 0.390 e. The lowest BCUT2D eigenvalue weighted by Crippen LogP contribution is -2.38. The molecule has 3 heteroatoms. The van der Waals surface area contributed by atoms with Crippen LogP contribution in [0.1, 0.15) is 44.1 Å². The van der Waals surface area contributed by atoms with Crippen molar-refractivity contribution in [3.8, 4) is 0 Å². The van der Waals surface area contributed by atoms with Crippen LogP contribution in [0.25, 0.3) is 0 Å². The third-order valence-electron chi connectivity index (χ3n) is 4.70. The molecule has 2 unspecified atom stereocenters. The van der Waals surface area contributed by atoms with Crippen LogP contribution in [0.3, 0.4) is 0 Å². The number of halogens is 2. The van der Waals surface area contributed by atoms with E-state index in [0.717, 1.165) is 24.8 Å². The molecule has 0 heterocycles. The summed E-state index contributed by atoms with van der Waals surface area (Å²) in [6.45, 7) is 0. The van der Waals surface area contributed by atoms with Crippen molar-refractivity contribution < 1.29 is 13.9 Å². The average Bonchev–Trinajstić information content (AvgIpc) is 3.19. The summed E-state index contributed by atoms with van der Waals surface area (Å²) in [7, 11) is 0. The monoisotopic (exact) mass is 266 g/mol. The van der Waals surface area contributed by atoms with Crippen LogP contribution in [0, 0.1) is 23.5 Å². The van der Waals surface area contributed by atoms with E-state index in [-0.39, 0.29) is 6.42 Å². The van der Waals surface area contributed by atoms with Crippen LogP contribution < -0.4 is 0 Å². The molecule has 2 saturated carbocycles. The number of hydrogen-bond acceptors (Lipinski definition) is 1. The first-order chi connectivity index (χ1) is 9.07. The number of benzene rings is 1. The maximum absolute atomic E-state index is 13.7. The molecule has 0 bridgehead atoms. The zero-order valence-electron chi connectivity index (χ0n) is 11.0. The minimum Gasteiger partial charge on any atom is -0.390 e. The van der Waals surface area contributed by atoms with E-state index in [2.05, 4.69) is 0 Å². The van der Waals surface area contributed by atoms with E-state index in [1.165, 1.54) is 25.3 Å². The van der Waals surface area contributed by atoms with Gasteiger partial charge in [0.2, 0.25) is 0 Å². The minimum atomic E-state index is -0.847. The Bertz CT molecular complexity index is 470. The van der Waals surface area contributed by atoms with Crippen LogP contribution in [0.5, 0.6) is 0 Å². The molecule has 2 aliphatic carbocycles. The van der Waals surface area contributed by atoms with Gasteiger partial charge in [-0.2, -0.15) is 0 Å². The van der Waals surface area contributed by atoms with Crippen molar-refractivity contribution in [3.05, 3.63) is 35.4 Å². The Morgan fingerprint density at radius 1 is 1.16 bits per heavy atom. The Hall–Kier alpha value is -0.960. The predicted octanol–water partition coefficient (Wildman–Crippen LogP) is 3.84. The Morgan fingerprint density at radius 2 is 1.95 bits per heavy atom. The fourth-order valence-corrected chi connectivity index (χ4v) is 3.56. The van der Waals surface area contributed by atoms with Gasteiger partial charge in [0.1, 0.15) is 0 Å². The van der Waals surface area contributed by atoms with Crippen molar-refractivity contribution in [3.63, 3.8) is 0 Å². The first-order valence-electron chi connectivity index (χ1n) is 7.23. The fraction of sp³-hybridized carbons (Fsp3) is 0.625. The van der Waals surface area contributed by atoms with Gasteiger partial charge in [0.05, 0.1) is 5.60 Å². The van der Waals surface area contributed by atoms with Gasteiger partial charge < -0.3 is 5.11 Å². The highest BCUT2D eigenvalue weighted by Crippen LogP contribution is 2.47. The normalized spacial score (nSPS) is 31.4. The maximum Gasteiger partial charge on any atom is 0.162 e. The van der Waals surface area contributed by atoms with Gasteiger partial charge in [-0.05, 0) is 55.6 Å². The first kappa shape index (κ1) is 13.0. The predicted molar refractivity (Wildman–Crippen MR) is 69.7 cm³/mol. The van der Waals surface area contributed by atoms with E-state index in [9.17, 15) is 13.9 Å². The highest BCUT2D eigenvalue weighted by atomic mass is 19.2. The lowest BCUT2D eigenvalue weighted by molar-refractivity contribution is -0.0202. The average molecular weight is 266 g/mol. The van der Waals surface area contributed by atoms with E-state index in [4.69, 9.17) is 0 Å². The summed E-state index contributed by atoms with van der Waals surface area (Å²) in [5.74, 6) is -0.278. The first-order valence-corrected chi connectivity index (χ1v) is 7.23. The molecule has 2 fully saturated rings. The van der Waals surface area contributed by atoms with Crippen LogP contribution >= 0.6 is 0 Å². The van der Waals surface area contributed by atoms with Gasteiger partial charge in [0, 0.05) is 6.42 Å².